The van der Waals surface area contributed by atoms with Crippen molar-refractivity contribution in [2.45, 2.75) is 12.7 Å². The highest BCUT2D eigenvalue weighted by Gasteiger charge is 2.13. The number of ether oxygens (including phenoxy) is 2. The van der Waals surface area contributed by atoms with Crippen molar-refractivity contribution in [3.05, 3.63) is 12.2 Å². The van der Waals surface area contributed by atoms with Gasteiger partial charge in [0.1, 0.15) is 0 Å². The van der Waals surface area contributed by atoms with Gasteiger partial charge in [-0.05, 0) is 0 Å². The monoisotopic (exact) mass is 158 g/mol. The Bertz CT molecular complexity index is 158. The largest absolute Gasteiger partial charge is 0.478 e. The fraction of sp³-hybridized carbons (Fsp3) is 0.571. The topological polar surface area (TPSA) is 55.8 Å². The van der Waals surface area contributed by atoms with Gasteiger partial charge in [-0.25, -0.2) is 4.79 Å². The van der Waals surface area contributed by atoms with Crippen molar-refractivity contribution >= 4 is 5.97 Å². The summed E-state index contributed by atoms with van der Waals surface area (Å²) in [5.74, 6) is -0.942. The van der Waals surface area contributed by atoms with E-state index in [2.05, 4.69) is 0 Å². The summed E-state index contributed by atoms with van der Waals surface area (Å²) in [7, 11) is 0. The Balaban J connectivity index is 2.15. The maximum atomic E-state index is 10.0. The number of aliphatic carboxylic acids is 1. The Kier molecular flexibility index (Phi) is 3.07. The Labute approximate surface area is 64.4 Å². The molecule has 62 valence electrons. The van der Waals surface area contributed by atoms with E-state index in [1.807, 2.05) is 0 Å². The zero-order valence-electron chi connectivity index (χ0n) is 6.03. The fourth-order valence-corrected chi connectivity index (χ4v) is 0.823. The zero-order chi connectivity index (χ0) is 8.10. The second-order valence-electron chi connectivity index (χ2n) is 2.15. The summed E-state index contributed by atoms with van der Waals surface area (Å²) in [4.78, 5) is 10.0. The summed E-state index contributed by atoms with van der Waals surface area (Å²) in [6.07, 6.45) is 2.88. The van der Waals surface area contributed by atoms with Crippen LogP contribution in [0.5, 0.6) is 0 Å². The average Bonchev–Trinajstić information content (AvgIpc) is 2.39. The van der Waals surface area contributed by atoms with E-state index >= 15 is 0 Å². The van der Waals surface area contributed by atoms with Crippen LogP contribution in [-0.4, -0.2) is 30.6 Å². The van der Waals surface area contributed by atoms with E-state index in [1.54, 1.807) is 0 Å². The highest BCUT2D eigenvalue weighted by atomic mass is 16.7. The van der Waals surface area contributed by atoms with Crippen molar-refractivity contribution < 1.29 is 19.4 Å². The maximum absolute atomic E-state index is 10.0. The second-order valence-corrected chi connectivity index (χ2v) is 2.15. The van der Waals surface area contributed by atoms with Crippen LogP contribution in [0.3, 0.4) is 0 Å². The van der Waals surface area contributed by atoms with E-state index in [9.17, 15) is 4.79 Å². The molecule has 1 fully saturated rings. The minimum atomic E-state index is -0.942. The molecular weight excluding hydrogens is 148 g/mol. The van der Waals surface area contributed by atoms with Crippen molar-refractivity contribution in [3.8, 4) is 0 Å². The number of carbonyl (C=O) groups is 1. The highest BCUT2D eigenvalue weighted by Crippen LogP contribution is 2.07. The van der Waals surface area contributed by atoms with Crippen LogP contribution in [0.25, 0.3) is 0 Å². The van der Waals surface area contributed by atoms with Crippen LogP contribution in [0.2, 0.25) is 0 Å². The molecule has 1 heterocycles. The lowest BCUT2D eigenvalue weighted by molar-refractivity contribution is -0.131. The lowest BCUT2D eigenvalue weighted by Gasteiger charge is -2.02. The average molecular weight is 158 g/mol. The SMILES string of the molecule is O=C(O)/C=C/CC1OCCO1. The lowest BCUT2D eigenvalue weighted by atomic mass is 10.3. The van der Waals surface area contributed by atoms with Gasteiger partial charge >= 0.3 is 5.97 Å². The quantitative estimate of drug-likeness (QED) is 0.603. The van der Waals surface area contributed by atoms with Crippen LogP contribution >= 0.6 is 0 Å². The zero-order valence-corrected chi connectivity index (χ0v) is 6.03. The number of carboxylic acid groups (broad SMARTS) is 1. The summed E-state index contributed by atoms with van der Waals surface area (Å²) in [5.41, 5.74) is 0. The first-order chi connectivity index (χ1) is 5.29. The van der Waals surface area contributed by atoms with Gasteiger partial charge in [-0.2, -0.15) is 0 Å². The normalized spacial score (nSPS) is 19.6. The van der Waals surface area contributed by atoms with Crippen LogP contribution in [0.1, 0.15) is 6.42 Å². The molecule has 0 aromatic rings. The van der Waals surface area contributed by atoms with E-state index in [1.165, 1.54) is 6.08 Å². The molecule has 0 aliphatic carbocycles. The molecule has 4 nitrogen and oxygen atoms in total. The molecule has 0 bridgehead atoms. The minimum Gasteiger partial charge on any atom is -0.478 e. The Morgan fingerprint density at radius 2 is 2.18 bits per heavy atom. The molecule has 0 atom stereocenters. The first kappa shape index (κ1) is 8.23. The van der Waals surface area contributed by atoms with Crippen molar-refractivity contribution in [2.75, 3.05) is 13.2 Å². The third-order valence-electron chi connectivity index (χ3n) is 1.28. The molecule has 1 rings (SSSR count). The van der Waals surface area contributed by atoms with Crippen molar-refractivity contribution in [3.63, 3.8) is 0 Å². The van der Waals surface area contributed by atoms with Crippen LogP contribution in [0, 0.1) is 0 Å². The summed E-state index contributed by atoms with van der Waals surface area (Å²) in [6.45, 7) is 1.21. The molecule has 0 unspecified atom stereocenters. The first-order valence-electron chi connectivity index (χ1n) is 3.41. The van der Waals surface area contributed by atoms with Gasteiger partial charge in [0.15, 0.2) is 6.29 Å². The number of carboxylic acids is 1. The lowest BCUT2D eigenvalue weighted by Crippen LogP contribution is -2.05. The van der Waals surface area contributed by atoms with Crippen LogP contribution in [0.15, 0.2) is 12.2 Å². The third-order valence-corrected chi connectivity index (χ3v) is 1.28. The smallest absolute Gasteiger partial charge is 0.327 e. The molecule has 0 radical (unpaired) electrons. The van der Waals surface area contributed by atoms with Gasteiger partial charge in [-0.15, -0.1) is 0 Å². The number of hydrogen-bond acceptors (Lipinski definition) is 3. The standard InChI is InChI=1S/C7H10O4/c8-6(9)2-1-3-7-10-4-5-11-7/h1-2,7H,3-5H2,(H,8,9)/b2-1+. The summed E-state index contributed by atoms with van der Waals surface area (Å²) in [6, 6.07) is 0. The molecule has 11 heavy (non-hydrogen) atoms. The van der Waals surface area contributed by atoms with E-state index in [4.69, 9.17) is 14.6 Å². The third kappa shape index (κ3) is 3.15. The maximum Gasteiger partial charge on any atom is 0.327 e. The Morgan fingerprint density at radius 3 is 2.73 bits per heavy atom. The summed E-state index contributed by atoms with van der Waals surface area (Å²) < 4.78 is 10.1. The molecule has 4 heteroatoms. The molecule has 1 aliphatic rings. The van der Waals surface area contributed by atoms with E-state index in [0.29, 0.717) is 19.6 Å². The molecule has 0 aromatic heterocycles. The predicted molar refractivity (Wildman–Crippen MR) is 37.1 cm³/mol. The predicted octanol–water partition coefficient (Wildman–Crippen LogP) is 0.390. The van der Waals surface area contributed by atoms with Crippen molar-refractivity contribution in [1.82, 2.24) is 0 Å². The highest BCUT2D eigenvalue weighted by molar-refractivity contribution is 5.79. The molecule has 0 aromatic carbocycles. The van der Waals surface area contributed by atoms with Crippen molar-refractivity contribution in [1.29, 1.82) is 0 Å². The van der Waals surface area contributed by atoms with Crippen LogP contribution < -0.4 is 0 Å². The van der Waals surface area contributed by atoms with Gasteiger partial charge in [0.25, 0.3) is 0 Å². The van der Waals surface area contributed by atoms with Gasteiger partial charge in [0.2, 0.25) is 0 Å². The number of hydrogen-bond donors (Lipinski definition) is 1. The first-order valence-corrected chi connectivity index (χ1v) is 3.41. The summed E-state index contributed by atoms with van der Waals surface area (Å²) in [5, 5.41) is 8.22. The molecule has 1 saturated heterocycles. The van der Waals surface area contributed by atoms with Crippen LogP contribution in [-0.2, 0) is 14.3 Å². The van der Waals surface area contributed by atoms with E-state index in [-0.39, 0.29) is 6.29 Å². The van der Waals surface area contributed by atoms with Gasteiger partial charge in [0, 0.05) is 12.5 Å². The molecular formula is C7H10O4. The summed E-state index contributed by atoms with van der Waals surface area (Å²) >= 11 is 0. The van der Waals surface area contributed by atoms with Gasteiger partial charge in [0.05, 0.1) is 13.2 Å². The minimum absolute atomic E-state index is 0.245. The van der Waals surface area contributed by atoms with Crippen LogP contribution in [0.4, 0.5) is 0 Å². The van der Waals surface area contributed by atoms with Gasteiger partial charge < -0.3 is 14.6 Å². The molecule has 0 saturated carbocycles. The Hall–Kier alpha value is -0.870. The molecule has 0 amide bonds. The molecule has 0 spiro atoms. The molecule has 1 aliphatic heterocycles. The Morgan fingerprint density at radius 1 is 1.55 bits per heavy atom. The molecule has 1 N–H and O–H groups in total. The second kappa shape index (κ2) is 4.10. The van der Waals surface area contributed by atoms with E-state index < -0.39 is 5.97 Å². The van der Waals surface area contributed by atoms with Gasteiger partial charge in [-0.3, -0.25) is 0 Å². The van der Waals surface area contributed by atoms with Gasteiger partial charge in [-0.1, -0.05) is 6.08 Å². The fourth-order valence-electron chi connectivity index (χ4n) is 0.823. The van der Waals surface area contributed by atoms with E-state index in [0.717, 1.165) is 6.08 Å². The number of rotatable bonds is 3. The van der Waals surface area contributed by atoms with Crippen molar-refractivity contribution in [2.24, 2.45) is 0 Å².